The highest BCUT2D eigenvalue weighted by Gasteiger charge is 2.24. The number of halogens is 1. The Balaban J connectivity index is 1.67. The number of hydrogen-bond donors (Lipinski definition) is 1. The molecule has 7 heteroatoms. The SMILES string of the molecule is CC(C)(C)OC(=O)NCC1CCCN(c2ncnc3ccc(F)cc23)C1. The zero-order chi connectivity index (χ0) is 18.7. The van der Waals surface area contributed by atoms with Crippen molar-refractivity contribution in [2.75, 3.05) is 24.5 Å². The molecule has 26 heavy (non-hydrogen) atoms. The number of aromatic nitrogens is 2. The Morgan fingerprint density at radius 1 is 1.38 bits per heavy atom. The molecule has 1 unspecified atom stereocenters. The summed E-state index contributed by atoms with van der Waals surface area (Å²) < 4.78 is 19.0. The summed E-state index contributed by atoms with van der Waals surface area (Å²) in [5.41, 5.74) is 0.220. The number of alkyl carbamates (subject to hydrolysis) is 1. The summed E-state index contributed by atoms with van der Waals surface area (Å²) in [7, 11) is 0. The lowest BCUT2D eigenvalue weighted by molar-refractivity contribution is 0.0517. The van der Waals surface area contributed by atoms with E-state index in [0.717, 1.165) is 37.3 Å². The minimum atomic E-state index is -0.507. The van der Waals surface area contributed by atoms with Crippen molar-refractivity contribution in [3.05, 3.63) is 30.3 Å². The maximum atomic E-state index is 13.7. The van der Waals surface area contributed by atoms with Gasteiger partial charge in [0.1, 0.15) is 23.6 Å². The van der Waals surface area contributed by atoms with E-state index in [-0.39, 0.29) is 11.7 Å². The van der Waals surface area contributed by atoms with Crippen LogP contribution in [0.2, 0.25) is 0 Å². The van der Waals surface area contributed by atoms with Gasteiger partial charge in [-0.2, -0.15) is 0 Å². The minimum Gasteiger partial charge on any atom is -0.444 e. The molecule has 0 aliphatic carbocycles. The van der Waals surface area contributed by atoms with E-state index in [4.69, 9.17) is 4.74 Å². The van der Waals surface area contributed by atoms with Gasteiger partial charge in [0.25, 0.3) is 0 Å². The van der Waals surface area contributed by atoms with Gasteiger partial charge in [-0.3, -0.25) is 0 Å². The van der Waals surface area contributed by atoms with Crippen LogP contribution in [0.5, 0.6) is 0 Å². The number of hydrogen-bond acceptors (Lipinski definition) is 5. The lowest BCUT2D eigenvalue weighted by Crippen LogP contribution is -2.42. The smallest absolute Gasteiger partial charge is 0.407 e. The Morgan fingerprint density at radius 2 is 2.19 bits per heavy atom. The third kappa shape index (κ3) is 4.59. The lowest BCUT2D eigenvalue weighted by atomic mass is 9.97. The third-order valence-electron chi connectivity index (χ3n) is 4.33. The predicted molar refractivity (Wildman–Crippen MR) is 98.7 cm³/mol. The molecular formula is C19H25FN4O2. The summed E-state index contributed by atoms with van der Waals surface area (Å²) in [6.07, 6.45) is 3.12. The molecule has 1 aliphatic rings. The predicted octanol–water partition coefficient (Wildman–Crippen LogP) is 3.51. The summed E-state index contributed by atoms with van der Waals surface area (Å²) in [6, 6.07) is 4.55. The molecule has 1 aromatic carbocycles. The maximum absolute atomic E-state index is 13.7. The van der Waals surface area contributed by atoms with Gasteiger partial charge in [0, 0.05) is 25.0 Å². The molecule has 1 aliphatic heterocycles. The van der Waals surface area contributed by atoms with Crippen molar-refractivity contribution >= 4 is 22.8 Å². The van der Waals surface area contributed by atoms with Crippen LogP contribution < -0.4 is 10.2 Å². The summed E-state index contributed by atoms with van der Waals surface area (Å²) in [4.78, 5) is 22.6. The average Bonchev–Trinajstić information content (AvgIpc) is 2.58. The molecule has 3 rings (SSSR count). The fraction of sp³-hybridized carbons (Fsp3) is 0.526. The molecule has 2 aromatic rings. The van der Waals surface area contributed by atoms with Gasteiger partial charge in [-0.15, -0.1) is 0 Å². The molecule has 1 atom stereocenters. The van der Waals surface area contributed by atoms with Crippen LogP contribution in [0.15, 0.2) is 24.5 Å². The molecule has 1 N–H and O–H groups in total. The molecule has 1 amide bonds. The summed E-state index contributed by atoms with van der Waals surface area (Å²) >= 11 is 0. The van der Waals surface area contributed by atoms with Gasteiger partial charge >= 0.3 is 6.09 Å². The van der Waals surface area contributed by atoms with Gasteiger partial charge in [0.2, 0.25) is 0 Å². The Kier molecular flexibility index (Phi) is 5.25. The van der Waals surface area contributed by atoms with Crippen LogP contribution in [-0.4, -0.2) is 41.3 Å². The van der Waals surface area contributed by atoms with E-state index in [1.54, 1.807) is 6.07 Å². The lowest BCUT2D eigenvalue weighted by Gasteiger charge is -2.34. The number of carbonyl (C=O) groups excluding carboxylic acids is 1. The maximum Gasteiger partial charge on any atom is 0.407 e. The number of anilines is 1. The van der Waals surface area contributed by atoms with E-state index >= 15 is 0 Å². The standard InChI is InChI=1S/C19H25FN4O2/c1-19(2,3)26-18(25)21-10-13-5-4-8-24(11-13)17-15-9-14(20)6-7-16(15)22-12-23-17/h6-7,9,12-13H,4-5,8,10-11H2,1-3H3,(H,21,25). The van der Waals surface area contributed by atoms with E-state index in [9.17, 15) is 9.18 Å². The van der Waals surface area contributed by atoms with E-state index in [2.05, 4.69) is 20.2 Å². The van der Waals surface area contributed by atoms with E-state index in [1.807, 2.05) is 20.8 Å². The Labute approximate surface area is 152 Å². The molecule has 6 nitrogen and oxygen atoms in total. The van der Waals surface area contributed by atoms with Gasteiger partial charge in [0.05, 0.1) is 5.52 Å². The van der Waals surface area contributed by atoms with E-state index in [1.165, 1.54) is 18.5 Å². The van der Waals surface area contributed by atoms with Gasteiger partial charge in [-0.1, -0.05) is 0 Å². The highest BCUT2D eigenvalue weighted by atomic mass is 19.1. The quantitative estimate of drug-likeness (QED) is 0.907. The van der Waals surface area contributed by atoms with Crippen LogP contribution >= 0.6 is 0 Å². The second kappa shape index (κ2) is 7.43. The van der Waals surface area contributed by atoms with Crippen LogP contribution in [0, 0.1) is 11.7 Å². The number of benzene rings is 1. The number of amides is 1. The van der Waals surface area contributed by atoms with Crippen molar-refractivity contribution in [1.29, 1.82) is 0 Å². The third-order valence-corrected chi connectivity index (χ3v) is 4.33. The first-order valence-corrected chi connectivity index (χ1v) is 8.94. The van der Waals surface area contributed by atoms with E-state index < -0.39 is 11.7 Å². The molecule has 0 saturated carbocycles. The molecule has 1 aromatic heterocycles. The van der Waals surface area contributed by atoms with Gasteiger partial charge < -0.3 is 15.0 Å². The van der Waals surface area contributed by atoms with Crippen LogP contribution in [0.3, 0.4) is 0 Å². The van der Waals surface area contributed by atoms with Gasteiger partial charge in [-0.05, 0) is 57.7 Å². The van der Waals surface area contributed by atoms with Crippen LogP contribution in [0.4, 0.5) is 15.0 Å². The van der Waals surface area contributed by atoms with Gasteiger partial charge in [0.15, 0.2) is 0 Å². The molecule has 1 fully saturated rings. The van der Waals surface area contributed by atoms with Crippen molar-refractivity contribution in [3.8, 4) is 0 Å². The number of ether oxygens (including phenoxy) is 1. The summed E-state index contributed by atoms with van der Waals surface area (Å²) in [5, 5.41) is 3.56. The number of carbonyl (C=O) groups is 1. The van der Waals surface area contributed by atoms with E-state index in [0.29, 0.717) is 11.9 Å². The molecule has 0 radical (unpaired) electrons. The van der Waals surface area contributed by atoms with Crippen molar-refractivity contribution in [2.24, 2.45) is 5.92 Å². The number of fused-ring (bicyclic) bond motifs is 1. The zero-order valence-corrected chi connectivity index (χ0v) is 15.5. The number of nitrogens with zero attached hydrogens (tertiary/aromatic N) is 3. The number of piperidine rings is 1. The van der Waals surface area contributed by atoms with Crippen LogP contribution in [0.25, 0.3) is 10.9 Å². The Hall–Kier alpha value is -2.44. The molecule has 0 bridgehead atoms. The molecular weight excluding hydrogens is 335 g/mol. The fourth-order valence-corrected chi connectivity index (χ4v) is 3.23. The largest absolute Gasteiger partial charge is 0.444 e. The Bertz CT molecular complexity index is 791. The van der Waals surface area contributed by atoms with Crippen molar-refractivity contribution in [3.63, 3.8) is 0 Å². The average molecular weight is 360 g/mol. The normalized spacial score (nSPS) is 18.0. The number of rotatable bonds is 3. The molecule has 1 saturated heterocycles. The topological polar surface area (TPSA) is 67.3 Å². The fourth-order valence-electron chi connectivity index (χ4n) is 3.23. The minimum absolute atomic E-state index is 0.287. The highest BCUT2D eigenvalue weighted by Crippen LogP contribution is 2.27. The monoisotopic (exact) mass is 360 g/mol. The molecule has 140 valence electrons. The second-order valence-electron chi connectivity index (χ2n) is 7.70. The van der Waals surface area contributed by atoms with Crippen LogP contribution in [0.1, 0.15) is 33.6 Å². The first-order valence-electron chi connectivity index (χ1n) is 8.94. The summed E-state index contributed by atoms with van der Waals surface area (Å²) in [5.74, 6) is 0.736. The van der Waals surface area contributed by atoms with Crippen molar-refractivity contribution in [2.45, 2.75) is 39.2 Å². The Morgan fingerprint density at radius 3 is 2.96 bits per heavy atom. The van der Waals surface area contributed by atoms with Crippen LogP contribution in [-0.2, 0) is 4.74 Å². The van der Waals surface area contributed by atoms with Crippen molar-refractivity contribution < 1.29 is 13.9 Å². The van der Waals surface area contributed by atoms with Crippen molar-refractivity contribution in [1.82, 2.24) is 15.3 Å². The first-order chi connectivity index (χ1) is 12.3. The first kappa shape index (κ1) is 18.4. The van der Waals surface area contributed by atoms with Gasteiger partial charge in [-0.25, -0.2) is 19.2 Å². The molecule has 2 heterocycles. The highest BCUT2D eigenvalue weighted by molar-refractivity contribution is 5.89. The zero-order valence-electron chi connectivity index (χ0n) is 15.5. The summed E-state index contributed by atoms with van der Waals surface area (Å²) in [6.45, 7) is 7.67. The molecule has 0 spiro atoms. The second-order valence-corrected chi connectivity index (χ2v) is 7.70. The number of nitrogens with one attached hydrogen (secondary N) is 1.